The van der Waals surface area contributed by atoms with Gasteiger partial charge in [-0.25, -0.2) is 13.8 Å². The quantitative estimate of drug-likeness (QED) is 0.472. The number of carbonyl (C=O) groups excluding carboxylic acids is 1. The molecule has 0 fully saturated rings. The first-order valence-electron chi connectivity index (χ1n) is 9.81. The number of nitrogens with zero attached hydrogens (tertiary/aromatic N) is 2. The molecular weight excluding hydrogens is 413 g/mol. The summed E-state index contributed by atoms with van der Waals surface area (Å²) in [4.78, 5) is 39.4. The summed E-state index contributed by atoms with van der Waals surface area (Å²) in [5.74, 6) is -0.955. The van der Waals surface area contributed by atoms with Gasteiger partial charge in [-0.2, -0.15) is 0 Å². The molecule has 1 amide bonds. The van der Waals surface area contributed by atoms with E-state index in [0.717, 1.165) is 16.7 Å². The smallest absolute Gasteiger partial charge is 0.336 e. The molecule has 32 heavy (non-hydrogen) atoms. The number of rotatable bonds is 4. The van der Waals surface area contributed by atoms with Crippen LogP contribution >= 0.6 is 0 Å². The van der Waals surface area contributed by atoms with Crippen molar-refractivity contribution in [2.45, 2.75) is 6.54 Å². The van der Waals surface area contributed by atoms with Crippen molar-refractivity contribution in [2.24, 2.45) is 0 Å². The van der Waals surface area contributed by atoms with Gasteiger partial charge in [0.1, 0.15) is 23.5 Å². The Bertz CT molecular complexity index is 1580. The maximum absolute atomic E-state index is 13.4. The molecule has 2 heterocycles. The van der Waals surface area contributed by atoms with E-state index < -0.39 is 23.0 Å². The van der Waals surface area contributed by atoms with Crippen molar-refractivity contribution >= 4 is 33.7 Å². The summed E-state index contributed by atoms with van der Waals surface area (Å²) in [5.41, 5.74) is -0.101. The molecule has 5 rings (SSSR count). The predicted octanol–water partition coefficient (Wildman–Crippen LogP) is 3.68. The van der Waals surface area contributed by atoms with E-state index in [0.29, 0.717) is 16.7 Å². The molecule has 2 aromatic heterocycles. The third-order valence-electron chi connectivity index (χ3n) is 5.10. The zero-order chi connectivity index (χ0) is 22.2. The highest BCUT2D eigenvalue weighted by atomic mass is 19.1. The number of amides is 1. The van der Waals surface area contributed by atoms with Gasteiger partial charge >= 0.3 is 11.2 Å². The number of para-hydroxylation sites is 2. The van der Waals surface area contributed by atoms with Crippen LogP contribution in [0.25, 0.3) is 27.8 Å². The molecule has 0 aliphatic carbocycles. The van der Waals surface area contributed by atoms with Crippen molar-refractivity contribution in [2.75, 3.05) is 5.32 Å². The SMILES string of the molecule is O=C(Cn1c(=O)n(-c2ccc(F)cc2)c(=O)c2oc3ccccc3c21)Nc1ccccc1. The van der Waals surface area contributed by atoms with Crippen molar-refractivity contribution in [1.82, 2.24) is 9.13 Å². The molecule has 8 heteroatoms. The number of aromatic nitrogens is 2. The summed E-state index contributed by atoms with van der Waals surface area (Å²) in [6.07, 6.45) is 0. The second-order valence-corrected chi connectivity index (χ2v) is 7.18. The van der Waals surface area contributed by atoms with Crippen LogP contribution in [-0.4, -0.2) is 15.0 Å². The van der Waals surface area contributed by atoms with E-state index in [1.54, 1.807) is 48.5 Å². The second kappa shape index (κ2) is 7.66. The van der Waals surface area contributed by atoms with Gasteiger partial charge in [-0.05, 0) is 48.5 Å². The summed E-state index contributed by atoms with van der Waals surface area (Å²) in [5, 5.41) is 3.28. The summed E-state index contributed by atoms with van der Waals surface area (Å²) in [7, 11) is 0. The molecule has 0 bridgehead atoms. The minimum absolute atomic E-state index is 0.0670. The van der Waals surface area contributed by atoms with E-state index in [9.17, 15) is 18.8 Å². The number of hydrogen-bond donors (Lipinski definition) is 1. The van der Waals surface area contributed by atoms with E-state index in [4.69, 9.17) is 4.42 Å². The summed E-state index contributed by atoms with van der Waals surface area (Å²) < 4.78 is 21.3. The number of carbonyl (C=O) groups is 1. The topological polar surface area (TPSA) is 86.2 Å². The molecule has 0 aliphatic heterocycles. The molecule has 0 aliphatic rings. The van der Waals surface area contributed by atoms with E-state index in [-0.39, 0.29) is 23.3 Å². The highest BCUT2D eigenvalue weighted by Gasteiger charge is 2.22. The van der Waals surface area contributed by atoms with Crippen LogP contribution in [-0.2, 0) is 11.3 Å². The van der Waals surface area contributed by atoms with Crippen LogP contribution in [0.4, 0.5) is 10.1 Å². The highest BCUT2D eigenvalue weighted by molar-refractivity contribution is 6.03. The lowest BCUT2D eigenvalue weighted by molar-refractivity contribution is -0.116. The molecule has 3 aromatic carbocycles. The number of nitrogens with one attached hydrogen (secondary N) is 1. The van der Waals surface area contributed by atoms with Crippen molar-refractivity contribution in [3.05, 3.63) is 106 Å². The number of hydrogen-bond acceptors (Lipinski definition) is 4. The first-order valence-corrected chi connectivity index (χ1v) is 9.81. The standard InChI is InChI=1S/C24H16FN3O4/c25-15-10-12-17(13-11-15)28-23(30)22-21(18-8-4-5-9-19(18)32-22)27(24(28)31)14-20(29)26-16-6-2-1-3-7-16/h1-13H,14H2,(H,26,29). The predicted molar refractivity (Wildman–Crippen MR) is 119 cm³/mol. The van der Waals surface area contributed by atoms with E-state index in [2.05, 4.69) is 5.32 Å². The van der Waals surface area contributed by atoms with Gasteiger partial charge in [-0.3, -0.25) is 14.2 Å². The zero-order valence-electron chi connectivity index (χ0n) is 16.6. The Morgan fingerprint density at radius 1 is 0.906 bits per heavy atom. The molecule has 1 N–H and O–H groups in total. The van der Waals surface area contributed by atoms with Gasteiger partial charge in [-0.1, -0.05) is 30.3 Å². The Morgan fingerprint density at radius 3 is 2.34 bits per heavy atom. The zero-order valence-corrected chi connectivity index (χ0v) is 16.6. The maximum atomic E-state index is 13.4. The van der Waals surface area contributed by atoms with Crippen LogP contribution in [0.2, 0.25) is 0 Å². The van der Waals surface area contributed by atoms with Crippen LogP contribution in [0.1, 0.15) is 0 Å². The van der Waals surface area contributed by atoms with Gasteiger partial charge < -0.3 is 9.73 Å². The molecule has 7 nitrogen and oxygen atoms in total. The Labute approximate surface area is 179 Å². The minimum Gasteiger partial charge on any atom is -0.449 e. The lowest BCUT2D eigenvalue weighted by Gasteiger charge is -2.12. The van der Waals surface area contributed by atoms with Crippen molar-refractivity contribution < 1.29 is 13.6 Å². The van der Waals surface area contributed by atoms with Crippen LogP contribution in [0.3, 0.4) is 0 Å². The molecule has 0 saturated heterocycles. The fourth-order valence-corrected chi connectivity index (χ4v) is 3.68. The van der Waals surface area contributed by atoms with Crippen molar-refractivity contribution in [3.63, 3.8) is 0 Å². The highest BCUT2D eigenvalue weighted by Crippen LogP contribution is 2.26. The van der Waals surface area contributed by atoms with Crippen LogP contribution in [0.5, 0.6) is 0 Å². The molecular formula is C24H16FN3O4. The van der Waals surface area contributed by atoms with Crippen molar-refractivity contribution in [1.29, 1.82) is 0 Å². The van der Waals surface area contributed by atoms with Gasteiger partial charge in [0.2, 0.25) is 11.5 Å². The van der Waals surface area contributed by atoms with Gasteiger partial charge in [0, 0.05) is 11.1 Å². The summed E-state index contributed by atoms with van der Waals surface area (Å²) >= 11 is 0. The number of anilines is 1. The molecule has 5 aromatic rings. The summed E-state index contributed by atoms with van der Waals surface area (Å²) in [6, 6.07) is 20.6. The molecule has 0 atom stereocenters. The molecule has 0 radical (unpaired) electrons. The van der Waals surface area contributed by atoms with Gasteiger partial charge in [0.15, 0.2) is 0 Å². The number of fused-ring (bicyclic) bond motifs is 3. The third kappa shape index (κ3) is 3.27. The number of halogens is 1. The van der Waals surface area contributed by atoms with Crippen LogP contribution in [0.15, 0.2) is 92.9 Å². The number of benzene rings is 3. The van der Waals surface area contributed by atoms with Gasteiger partial charge in [-0.15, -0.1) is 0 Å². The lowest BCUT2D eigenvalue weighted by Crippen LogP contribution is -2.40. The van der Waals surface area contributed by atoms with E-state index >= 15 is 0 Å². The largest absolute Gasteiger partial charge is 0.449 e. The Morgan fingerprint density at radius 2 is 1.59 bits per heavy atom. The number of furan rings is 1. The first-order chi connectivity index (χ1) is 15.5. The maximum Gasteiger partial charge on any atom is 0.336 e. The van der Waals surface area contributed by atoms with Gasteiger partial charge in [0.25, 0.3) is 0 Å². The normalized spacial score (nSPS) is 11.2. The average molecular weight is 429 g/mol. The van der Waals surface area contributed by atoms with E-state index in [1.165, 1.54) is 16.7 Å². The molecule has 0 unspecified atom stereocenters. The Hall–Kier alpha value is -4.46. The first kappa shape index (κ1) is 19.5. The molecule has 0 saturated carbocycles. The molecule has 0 spiro atoms. The fraction of sp³-hybridized carbons (Fsp3) is 0.0417. The van der Waals surface area contributed by atoms with Crippen LogP contribution < -0.4 is 16.6 Å². The van der Waals surface area contributed by atoms with E-state index in [1.807, 2.05) is 6.07 Å². The minimum atomic E-state index is -0.733. The molecule has 158 valence electrons. The van der Waals surface area contributed by atoms with Crippen LogP contribution in [0, 0.1) is 5.82 Å². The average Bonchev–Trinajstić information content (AvgIpc) is 3.19. The van der Waals surface area contributed by atoms with Crippen molar-refractivity contribution in [3.8, 4) is 5.69 Å². The lowest BCUT2D eigenvalue weighted by atomic mass is 10.2. The Balaban J connectivity index is 1.74. The fourth-order valence-electron chi connectivity index (χ4n) is 3.68. The third-order valence-corrected chi connectivity index (χ3v) is 5.10. The second-order valence-electron chi connectivity index (χ2n) is 7.18. The summed E-state index contributed by atoms with van der Waals surface area (Å²) in [6.45, 7) is -0.352. The van der Waals surface area contributed by atoms with Gasteiger partial charge in [0.05, 0.1) is 5.69 Å². The monoisotopic (exact) mass is 429 g/mol. The Kier molecular flexibility index (Phi) is 4.67.